The highest BCUT2D eigenvalue weighted by atomic mass is 32.2. The maximum Gasteiger partial charge on any atom is 0.239 e. The molecule has 1 aromatic heterocycles. The molecule has 2 rings (SSSR count). The zero-order valence-corrected chi connectivity index (χ0v) is 12.1. The first-order valence-corrected chi connectivity index (χ1v) is 7.65. The Kier molecular flexibility index (Phi) is 4.11. The van der Waals surface area contributed by atoms with E-state index >= 15 is 0 Å². The van der Waals surface area contributed by atoms with E-state index in [0.717, 1.165) is 5.56 Å². The summed E-state index contributed by atoms with van der Waals surface area (Å²) in [6.45, 7) is 1.87. The van der Waals surface area contributed by atoms with Crippen LogP contribution in [0.5, 0.6) is 0 Å². The fourth-order valence-corrected chi connectivity index (χ4v) is 2.96. The minimum Gasteiger partial charge on any atom is -0.449 e. The van der Waals surface area contributed by atoms with Crippen LogP contribution in [0.25, 0.3) is 0 Å². The summed E-state index contributed by atoms with van der Waals surface area (Å²) in [6, 6.07) is 12.9. The molecule has 0 aliphatic heterocycles. The van der Waals surface area contributed by atoms with E-state index < -0.39 is 15.8 Å². The molecule has 0 saturated carbocycles. The molecule has 106 valence electrons. The van der Waals surface area contributed by atoms with E-state index in [4.69, 9.17) is 14.9 Å². The van der Waals surface area contributed by atoms with Gasteiger partial charge in [-0.25, -0.2) is 8.42 Å². The van der Waals surface area contributed by atoms with Crippen LogP contribution in [0.3, 0.4) is 0 Å². The van der Waals surface area contributed by atoms with Gasteiger partial charge >= 0.3 is 0 Å². The molecule has 0 fully saturated rings. The number of nitriles is 2. The Balaban J connectivity index is 2.31. The number of rotatable bonds is 4. The van der Waals surface area contributed by atoms with Crippen LogP contribution in [0, 0.1) is 35.5 Å². The predicted molar refractivity (Wildman–Crippen MR) is 73.8 cm³/mol. The topological polar surface area (TPSA) is 94.9 Å². The second-order valence-electron chi connectivity index (χ2n) is 4.55. The van der Waals surface area contributed by atoms with Gasteiger partial charge in [0, 0.05) is 6.42 Å². The maximum absolute atomic E-state index is 12.4. The third kappa shape index (κ3) is 3.13. The Morgan fingerprint density at radius 2 is 1.71 bits per heavy atom. The van der Waals surface area contributed by atoms with Crippen molar-refractivity contribution in [3.63, 3.8) is 0 Å². The van der Waals surface area contributed by atoms with Gasteiger partial charge in [-0.3, -0.25) is 0 Å². The van der Waals surface area contributed by atoms with Crippen molar-refractivity contribution in [1.29, 1.82) is 10.5 Å². The van der Waals surface area contributed by atoms with Crippen LogP contribution in [-0.2, 0) is 16.3 Å². The first-order valence-electron chi connectivity index (χ1n) is 6.17. The summed E-state index contributed by atoms with van der Waals surface area (Å²) in [5.74, 6) is -0.556. The first-order chi connectivity index (χ1) is 9.97. The Labute approximate surface area is 123 Å². The van der Waals surface area contributed by atoms with Crippen LogP contribution in [0.2, 0.25) is 0 Å². The molecule has 2 aromatic rings. The highest BCUT2D eigenvalue weighted by Crippen LogP contribution is 2.24. The molecule has 0 spiro atoms. The van der Waals surface area contributed by atoms with Gasteiger partial charge in [-0.2, -0.15) is 10.5 Å². The molecule has 5 nitrogen and oxygen atoms in total. The second-order valence-corrected chi connectivity index (χ2v) is 6.43. The van der Waals surface area contributed by atoms with Crippen molar-refractivity contribution in [2.45, 2.75) is 23.3 Å². The average molecular weight is 300 g/mol. The third-order valence-electron chi connectivity index (χ3n) is 2.95. The number of benzene rings is 1. The fourth-order valence-electron chi connectivity index (χ4n) is 1.77. The number of sulfone groups is 1. The molecule has 21 heavy (non-hydrogen) atoms. The summed E-state index contributed by atoms with van der Waals surface area (Å²) in [6.07, 6.45) is 0.0659. The maximum atomic E-state index is 12.4. The summed E-state index contributed by atoms with van der Waals surface area (Å²) in [4.78, 5) is 0.145. The lowest BCUT2D eigenvalue weighted by molar-refractivity contribution is 0.409. The Morgan fingerprint density at radius 3 is 2.29 bits per heavy atom. The third-order valence-corrected chi connectivity index (χ3v) is 4.59. The van der Waals surface area contributed by atoms with Crippen molar-refractivity contribution >= 4 is 9.84 Å². The Morgan fingerprint density at radius 1 is 1.10 bits per heavy atom. The zero-order valence-electron chi connectivity index (χ0n) is 11.3. The highest BCUT2D eigenvalue weighted by molar-refractivity contribution is 7.91. The van der Waals surface area contributed by atoms with Gasteiger partial charge in [0.15, 0.2) is 0 Å². The van der Waals surface area contributed by atoms with E-state index in [1.165, 1.54) is 24.3 Å². The van der Waals surface area contributed by atoms with Crippen LogP contribution >= 0.6 is 0 Å². The van der Waals surface area contributed by atoms with E-state index in [0.29, 0.717) is 5.76 Å². The van der Waals surface area contributed by atoms with E-state index in [-0.39, 0.29) is 16.4 Å². The van der Waals surface area contributed by atoms with Gasteiger partial charge in [0.25, 0.3) is 0 Å². The van der Waals surface area contributed by atoms with Crippen molar-refractivity contribution in [1.82, 2.24) is 0 Å². The SMILES string of the molecule is Cc1ccc(S(=O)(=O)c2ccc(CC(C#N)C#N)o2)cc1. The predicted octanol–water partition coefficient (Wildman–Crippen LogP) is 2.63. The van der Waals surface area contributed by atoms with Crippen LogP contribution in [-0.4, -0.2) is 8.42 Å². The molecule has 1 heterocycles. The van der Waals surface area contributed by atoms with Gasteiger partial charge < -0.3 is 4.42 Å². The van der Waals surface area contributed by atoms with Crippen molar-refractivity contribution in [3.05, 3.63) is 47.7 Å². The number of hydrogen-bond donors (Lipinski definition) is 0. The van der Waals surface area contributed by atoms with E-state index in [1.54, 1.807) is 12.1 Å². The van der Waals surface area contributed by atoms with Gasteiger partial charge in [-0.15, -0.1) is 0 Å². The lowest BCUT2D eigenvalue weighted by Crippen LogP contribution is -2.01. The van der Waals surface area contributed by atoms with Crippen LogP contribution < -0.4 is 0 Å². The minimum absolute atomic E-state index is 0.0659. The smallest absolute Gasteiger partial charge is 0.239 e. The highest BCUT2D eigenvalue weighted by Gasteiger charge is 2.22. The summed E-state index contributed by atoms with van der Waals surface area (Å²) < 4.78 is 30.0. The monoisotopic (exact) mass is 300 g/mol. The molecule has 6 heteroatoms. The molecule has 0 aliphatic carbocycles. The number of furan rings is 1. The lowest BCUT2D eigenvalue weighted by Gasteiger charge is -2.02. The van der Waals surface area contributed by atoms with Gasteiger partial charge in [-0.05, 0) is 31.2 Å². The molecule has 0 aliphatic rings. The van der Waals surface area contributed by atoms with E-state index in [9.17, 15) is 8.42 Å². The van der Waals surface area contributed by atoms with Crippen molar-refractivity contribution < 1.29 is 12.8 Å². The molecule has 0 atom stereocenters. The first kappa shape index (κ1) is 14.8. The quantitative estimate of drug-likeness (QED) is 0.865. The van der Waals surface area contributed by atoms with Crippen LogP contribution in [0.4, 0.5) is 0 Å². The lowest BCUT2D eigenvalue weighted by atomic mass is 10.1. The normalized spacial score (nSPS) is 11.0. The van der Waals surface area contributed by atoms with Crippen molar-refractivity contribution in [2.75, 3.05) is 0 Å². The van der Waals surface area contributed by atoms with Gasteiger partial charge in [-0.1, -0.05) is 17.7 Å². The van der Waals surface area contributed by atoms with E-state index in [1.807, 2.05) is 19.1 Å². The van der Waals surface area contributed by atoms with Gasteiger partial charge in [0.05, 0.1) is 17.0 Å². The number of nitrogens with zero attached hydrogens (tertiary/aromatic N) is 2. The molecule has 0 radical (unpaired) electrons. The molecule has 0 unspecified atom stereocenters. The fraction of sp³-hybridized carbons (Fsp3) is 0.200. The molecule has 0 amide bonds. The van der Waals surface area contributed by atoms with Crippen molar-refractivity contribution in [2.24, 2.45) is 5.92 Å². The summed E-state index contributed by atoms with van der Waals surface area (Å²) in [5, 5.41) is 17.3. The summed E-state index contributed by atoms with van der Waals surface area (Å²) in [7, 11) is -3.72. The Bertz CT molecular complexity index is 807. The van der Waals surface area contributed by atoms with Crippen LogP contribution in [0.15, 0.2) is 50.8 Å². The molecular formula is C15H12N2O3S. The number of hydrogen-bond acceptors (Lipinski definition) is 5. The van der Waals surface area contributed by atoms with Gasteiger partial charge in [0.2, 0.25) is 14.9 Å². The molecule has 0 N–H and O–H groups in total. The molecular weight excluding hydrogens is 288 g/mol. The summed E-state index contributed by atoms with van der Waals surface area (Å²) in [5.41, 5.74) is 0.958. The Hall–Kier alpha value is -2.57. The average Bonchev–Trinajstić information content (AvgIpc) is 2.94. The standard InChI is InChI=1S/C15H12N2O3S/c1-11-2-5-14(6-3-11)21(18,19)15-7-4-13(20-15)8-12(9-16)10-17/h2-7,12H,8H2,1H3. The second kappa shape index (κ2) is 5.82. The molecule has 0 bridgehead atoms. The van der Waals surface area contributed by atoms with E-state index in [2.05, 4.69) is 0 Å². The van der Waals surface area contributed by atoms with Gasteiger partial charge in [0.1, 0.15) is 11.7 Å². The van der Waals surface area contributed by atoms with Crippen molar-refractivity contribution in [3.8, 4) is 12.1 Å². The minimum atomic E-state index is -3.72. The number of aryl methyl sites for hydroxylation is 1. The zero-order chi connectivity index (χ0) is 15.5. The van der Waals surface area contributed by atoms with Crippen LogP contribution in [0.1, 0.15) is 11.3 Å². The summed E-state index contributed by atoms with van der Waals surface area (Å²) >= 11 is 0. The molecule has 0 saturated heterocycles. The molecule has 1 aromatic carbocycles. The largest absolute Gasteiger partial charge is 0.449 e.